The molecule has 0 radical (unpaired) electrons. The molecular weight excluding hydrogens is 372 g/mol. The number of piperidine rings is 1. The number of morpholine rings is 1. The lowest BCUT2D eigenvalue weighted by molar-refractivity contribution is 0.0527. The summed E-state index contributed by atoms with van der Waals surface area (Å²) in [7, 11) is 0. The van der Waals surface area contributed by atoms with Crippen LogP contribution in [0.4, 0.5) is 11.4 Å². The number of hydrogen-bond acceptors (Lipinski definition) is 5. The highest BCUT2D eigenvalue weighted by atomic mass is 16.5. The van der Waals surface area contributed by atoms with Gasteiger partial charge in [0.15, 0.2) is 0 Å². The van der Waals surface area contributed by atoms with Crippen LogP contribution in [0.25, 0.3) is 0 Å². The van der Waals surface area contributed by atoms with E-state index >= 15 is 0 Å². The number of nitrogens with two attached hydrogens (primary N) is 1. The number of hydrogen-bond donors (Lipinski definition) is 3. The summed E-state index contributed by atoms with van der Waals surface area (Å²) in [5, 5.41) is 6.97. The average Bonchev–Trinajstić information content (AvgIpc) is 2.79. The zero-order chi connectivity index (χ0) is 21.2. The molecule has 0 aromatic heterocycles. The van der Waals surface area contributed by atoms with Crippen molar-refractivity contribution in [2.24, 2.45) is 5.92 Å². The van der Waals surface area contributed by atoms with Gasteiger partial charge in [0.1, 0.15) is 0 Å². The monoisotopic (exact) mass is 410 g/mol. The summed E-state index contributed by atoms with van der Waals surface area (Å²) in [5.41, 5.74) is 11.0. The van der Waals surface area contributed by atoms with Crippen LogP contribution in [-0.4, -0.2) is 50.8 Å². The second-order valence-corrected chi connectivity index (χ2v) is 8.26. The van der Waals surface area contributed by atoms with Crippen molar-refractivity contribution in [3.63, 3.8) is 0 Å². The highest BCUT2D eigenvalue weighted by molar-refractivity contribution is 5.60. The predicted octanol–water partition coefficient (Wildman–Crippen LogP) is 4.13. The standard InChI is InChI=1S/C25H38N4O/c1-3-4-5-6-23(29-15-17-30-18-16-29)11-14-28-22-7-8-24(25(26)19-22)20(2)21-9-12-27-13-10-21/h3-5,7-8,11,19-21,27-28H,1,6,9-10,12-18,26H2,2H3/b5-4-,23-11+. The van der Waals surface area contributed by atoms with E-state index in [4.69, 9.17) is 10.5 Å². The van der Waals surface area contributed by atoms with E-state index in [2.05, 4.69) is 59.4 Å². The maximum Gasteiger partial charge on any atom is 0.0642 e. The van der Waals surface area contributed by atoms with Gasteiger partial charge in [0.25, 0.3) is 0 Å². The molecule has 2 saturated heterocycles. The Balaban J connectivity index is 1.60. The van der Waals surface area contributed by atoms with Crippen LogP contribution < -0.4 is 16.4 Å². The van der Waals surface area contributed by atoms with E-state index in [-0.39, 0.29) is 0 Å². The summed E-state index contributed by atoms with van der Waals surface area (Å²) in [6, 6.07) is 6.47. The summed E-state index contributed by atoms with van der Waals surface area (Å²) in [5.74, 6) is 1.22. The van der Waals surface area contributed by atoms with Gasteiger partial charge in [0.2, 0.25) is 0 Å². The van der Waals surface area contributed by atoms with Crippen molar-refractivity contribution in [3.8, 4) is 0 Å². The minimum Gasteiger partial charge on any atom is -0.398 e. The first-order valence-corrected chi connectivity index (χ1v) is 11.3. The van der Waals surface area contributed by atoms with E-state index in [1.54, 1.807) is 0 Å². The predicted molar refractivity (Wildman–Crippen MR) is 128 cm³/mol. The second-order valence-electron chi connectivity index (χ2n) is 8.26. The van der Waals surface area contributed by atoms with Gasteiger partial charge in [0.05, 0.1) is 13.2 Å². The normalized spacial score (nSPS) is 19.8. The Morgan fingerprint density at radius 1 is 1.33 bits per heavy atom. The number of allylic oxidation sites excluding steroid dienone is 3. The fourth-order valence-corrected chi connectivity index (χ4v) is 4.46. The number of benzene rings is 1. The Bertz CT molecular complexity index is 731. The van der Waals surface area contributed by atoms with Crippen LogP contribution in [0, 0.1) is 5.92 Å². The Morgan fingerprint density at radius 2 is 2.10 bits per heavy atom. The number of nitrogens with zero attached hydrogens (tertiary/aromatic N) is 1. The summed E-state index contributed by atoms with van der Waals surface area (Å²) >= 11 is 0. The Kier molecular flexibility index (Phi) is 8.84. The topological polar surface area (TPSA) is 62.5 Å². The van der Waals surface area contributed by atoms with E-state index < -0.39 is 0 Å². The third kappa shape index (κ3) is 6.38. The molecule has 1 aromatic rings. The van der Waals surface area contributed by atoms with Crippen LogP contribution in [-0.2, 0) is 4.74 Å². The number of nitrogens with one attached hydrogen (secondary N) is 2. The molecule has 0 spiro atoms. The first kappa shape index (κ1) is 22.4. The Hall–Kier alpha value is -2.24. The van der Waals surface area contributed by atoms with Gasteiger partial charge in [-0.3, -0.25) is 0 Å². The molecule has 1 aromatic carbocycles. The fourth-order valence-electron chi connectivity index (χ4n) is 4.46. The molecule has 0 amide bonds. The van der Waals surface area contributed by atoms with E-state index in [0.29, 0.717) is 5.92 Å². The SMILES string of the molecule is C=C/C=C\C/C(=C\CNc1ccc(C(C)C2CCNCC2)c(N)c1)N1CCOCC1. The van der Waals surface area contributed by atoms with Crippen molar-refractivity contribution in [1.82, 2.24) is 10.2 Å². The zero-order valence-electron chi connectivity index (χ0n) is 18.4. The molecule has 164 valence electrons. The van der Waals surface area contributed by atoms with E-state index in [1.807, 2.05) is 12.2 Å². The van der Waals surface area contributed by atoms with Crippen LogP contribution in [0.15, 0.2) is 54.8 Å². The molecule has 3 rings (SSSR count). The van der Waals surface area contributed by atoms with Crippen molar-refractivity contribution in [1.29, 1.82) is 0 Å². The third-order valence-corrected chi connectivity index (χ3v) is 6.33. The molecule has 2 fully saturated rings. The lowest BCUT2D eigenvalue weighted by Gasteiger charge is -2.31. The van der Waals surface area contributed by atoms with E-state index in [1.165, 1.54) is 24.1 Å². The molecule has 4 N–H and O–H groups in total. The maximum absolute atomic E-state index is 6.45. The largest absolute Gasteiger partial charge is 0.398 e. The number of anilines is 2. The summed E-state index contributed by atoms with van der Waals surface area (Å²) in [6.07, 6.45) is 11.6. The number of nitrogen functional groups attached to an aromatic ring is 1. The van der Waals surface area contributed by atoms with Gasteiger partial charge in [-0.2, -0.15) is 0 Å². The molecule has 1 unspecified atom stereocenters. The summed E-state index contributed by atoms with van der Waals surface area (Å²) in [4.78, 5) is 2.41. The van der Waals surface area contributed by atoms with Crippen LogP contribution >= 0.6 is 0 Å². The van der Waals surface area contributed by atoms with Crippen LogP contribution in [0.1, 0.15) is 37.7 Å². The molecule has 2 heterocycles. The minimum atomic E-state index is 0.505. The number of ether oxygens (including phenoxy) is 1. The van der Waals surface area contributed by atoms with Gasteiger partial charge in [-0.05, 0) is 61.5 Å². The van der Waals surface area contributed by atoms with E-state index in [0.717, 1.165) is 69.7 Å². The summed E-state index contributed by atoms with van der Waals surface area (Å²) < 4.78 is 5.50. The molecule has 0 aliphatic carbocycles. The molecule has 5 heteroatoms. The van der Waals surface area contributed by atoms with Gasteiger partial charge >= 0.3 is 0 Å². The van der Waals surface area contributed by atoms with Crippen molar-refractivity contribution in [3.05, 3.63) is 60.3 Å². The molecule has 5 nitrogen and oxygen atoms in total. The maximum atomic E-state index is 6.45. The molecule has 2 aliphatic heterocycles. The lowest BCUT2D eigenvalue weighted by Crippen LogP contribution is -2.35. The van der Waals surface area contributed by atoms with Crippen molar-refractivity contribution < 1.29 is 4.74 Å². The molecule has 1 atom stereocenters. The Morgan fingerprint density at radius 3 is 2.80 bits per heavy atom. The Labute approximate surface area is 182 Å². The first-order chi connectivity index (χ1) is 14.7. The lowest BCUT2D eigenvalue weighted by atomic mass is 9.81. The van der Waals surface area contributed by atoms with Crippen LogP contribution in [0.3, 0.4) is 0 Å². The van der Waals surface area contributed by atoms with Crippen molar-refractivity contribution >= 4 is 11.4 Å². The smallest absolute Gasteiger partial charge is 0.0642 e. The molecule has 0 saturated carbocycles. The average molecular weight is 411 g/mol. The van der Waals surface area contributed by atoms with Gasteiger partial charge in [-0.25, -0.2) is 0 Å². The van der Waals surface area contributed by atoms with Crippen LogP contribution in [0.5, 0.6) is 0 Å². The van der Waals surface area contributed by atoms with E-state index in [9.17, 15) is 0 Å². The number of rotatable bonds is 9. The third-order valence-electron chi connectivity index (χ3n) is 6.33. The van der Waals surface area contributed by atoms with Gasteiger partial charge < -0.3 is 26.0 Å². The van der Waals surface area contributed by atoms with Crippen molar-refractivity contribution in [2.45, 2.75) is 32.1 Å². The quantitative estimate of drug-likeness (QED) is 0.422. The molecule has 0 bridgehead atoms. The zero-order valence-corrected chi connectivity index (χ0v) is 18.4. The van der Waals surface area contributed by atoms with Crippen molar-refractivity contribution in [2.75, 3.05) is 57.0 Å². The minimum absolute atomic E-state index is 0.505. The second kappa shape index (κ2) is 11.8. The fraction of sp³-hybridized carbons (Fsp3) is 0.520. The van der Waals surface area contributed by atoms with Crippen LogP contribution in [0.2, 0.25) is 0 Å². The molecule has 2 aliphatic rings. The highest BCUT2D eigenvalue weighted by Crippen LogP contribution is 2.34. The first-order valence-electron chi connectivity index (χ1n) is 11.3. The van der Waals surface area contributed by atoms with Gasteiger partial charge in [0, 0.05) is 43.1 Å². The highest BCUT2D eigenvalue weighted by Gasteiger charge is 2.22. The summed E-state index contributed by atoms with van der Waals surface area (Å²) in [6.45, 7) is 12.6. The molecular formula is C25H38N4O. The van der Waals surface area contributed by atoms with Gasteiger partial charge in [-0.15, -0.1) is 0 Å². The van der Waals surface area contributed by atoms with Gasteiger partial charge in [-0.1, -0.05) is 37.8 Å². The molecule has 30 heavy (non-hydrogen) atoms.